The van der Waals surface area contributed by atoms with Crippen LogP contribution in [0.2, 0.25) is 10.0 Å². The van der Waals surface area contributed by atoms with Gasteiger partial charge in [-0.05, 0) is 23.8 Å². The quantitative estimate of drug-likeness (QED) is 0.263. The van der Waals surface area contributed by atoms with Crippen molar-refractivity contribution in [1.29, 1.82) is 0 Å². The first-order chi connectivity index (χ1) is 9.94. The average Bonchev–Trinajstić information content (AvgIpc) is 2.46. The van der Waals surface area contributed by atoms with Crippen LogP contribution in [0.3, 0.4) is 0 Å². The number of hydrogen-bond acceptors (Lipinski definition) is 5. The van der Waals surface area contributed by atoms with Crippen molar-refractivity contribution in [2.45, 2.75) is 6.29 Å². The van der Waals surface area contributed by atoms with Crippen LogP contribution in [0.1, 0.15) is 5.56 Å². The molecular weight excluding hydrogens is 319 g/mol. The number of methoxy groups -OCH3 is 3. The van der Waals surface area contributed by atoms with Crippen molar-refractivity contribution in [1.82, 2.24) is 0 Å². The minimum absolute atomic E-state index is 0.240. The molecule has 21 heavy (non-hydrogen) atoms. The molecule has 0 aliphatic heterocycles. The molecule has 0 aliphatic rings. The topological polar surface area (TPSA) is 61.8 Å². The number of hydrogen-bond donors (Lipinski definition) is 0. The third-order valence-corrected chi connectivity index (χ3v) is 3.14. The van der Waals surface area contributed by atoms with Gasteiger partial charge in [-0.25, -0.2) is 4.79 Å². The summed E-state index contributed by atoms with van der Waals surface area (Å²) in [6.45, 7) is 0. The molecule has 7 heteroatoms. The van der Waals surface area contributed by atoms with E-state index in [0.29, 0.717) is 15.6 Å². The summed E-state index contributed by atoms with van der Waals surface area (Å²) in [6, 6.07) is 4.66. The fourth-order valence-electron chi connectivity index (χ4n) is 1.55. The van der Waals surface area contributed by atoms with Gasteiger partial charge in [0.2, 0.25) is 12.1 Å². The second-order valence-corrected chi connectivity index (χ2v) is 4.73. The van der Waals surface area contributed by atoms with Crippen LogP contribution in [0.4, 0.5) is 0 Å². The van der Waals surface area contributed by atoms with E-state index >= 15 is 0 Å². The van der Waals surface area contributed by atoms with Gasteiger partial charge in [0.1, 0.15) is 5.57 Å². The number of esters is 1. The Morgan fingerprint density at radius 1 is 1.14 bits per heavy atom. The summed E-state index contributed by atoms with van der Waals surface area (Å²) in [5.74, 6) is -1.48. The molecule has 0 atom stereocenters. The second-order valence-electron chi connectivity index (χ2n) is 3.88. The Hall–Kier alpha value is -1.40. The molecule has 0 heterocycles. The highest BCUT2D eigenvalue weighted by atomic mass is 35.5. The number of carbonyl (C=O) groups excluding carboxylic acids is 2. The Morgan fingerprint density at radius 2 is 1.76 bits per heavy atom. The fourth-order valence-corrected chi connectivity index (χ4v) is 2.01. The van der Waals surface area contributed by atoms with E-state index in [9.17, 15) is 9.59 Å². The predicted molar refractivity (Wildman–Crippen MR) is 79.3 cm³/mol. The lowest BCUT2D eigenvalue weighted by atomic mass is 10.1. The van der Waals surface area contributed by atoms with Gasteiger partial charge in [-0.3, -0.25) is 4.79 Å². The first kappa shape index (κ1) is 17.7. The van der Waals surface area contributed by atoms with Crippen molar-refractivity contribution in [3.8, 4) is 0 Å². The minimum Gasteiger partial charge on any atom is -0.465 e. The van der Waals surface area contributed by atoms with Gasteiger partial charge in [0, 0.05) is 24.3 Å². The van der Waals surface area contributed by atoms with Gasteiger partial charge in [0.15, 0.2) is 0 Å². The molecule has 0 aromatic heterocycles. The third kappa shape index (κ3) is 4.54. The zero-order valence-corrected chi connectivity index (χ0v) is 13.2. The molecule has 5 nitrogen and oxygen atoms in total. The third-order valence-electron chi connectivity index (χ3n) is 2.58. The zero-order valence-electron chi connectivity index (χ0n) is 11.7. The second kappa shape index (κ2) is 8.14. The monoisotopic (exact) mass is 332 g/mol. The van der Waals surface area contributed by atoms with E-state index in [1.165, 1.54) is 33.5 Å². The van der Waals surface area contributed by atoms with Crippen molar-refractivity contribution in [3.05, 3.63) is 39.4 Å². The van der Waals surface area contributed by atoms with E-state index in [4.69, 9.17) is 32.7 Å². The smallest absolute Gasteiger partial charge is 0.341 e. The van der Waals surface area contributed by atoms with Gasteiger partial charge in [0.05, 0.1) is 7.11 Å². The molecular formula is C14H14Cl2O5. The van der Waals surface area contributed by atoms with Gasteiger partial charge in [0.25, 0.3) is 0 Å². The number of halogens is 2. The van der Waals surface area contributed by atoms with Crippen LogP contribution in [0.15, 0.2) is 23.8 Å². The fraction of sp³-hybridized carbons (Fsp3) is 0.286. The Bertz CT molecular complexity index is 564. The lowest BCUT2D eigenvalue weighted by Crippen LogP contribution is -2.29. The number of ketones is 1. The minimum atomic E-state index is -1.21. The summed E-state index contributed by atoms with van der Waals surface area (Å²) in [6.07, 6.45) is 0.0964. The largest absolute Gasteiger partial charge is 0.465 e. The summed E-state index contributed by atoms with van der Waals surface area (Å²) in [7, 11) is 3.74. The van der Waals surface area contributed by atoms with Crippen LogP contribution in [0, 0.1) is 0 Å². The molecule has 0 unspecified atom stereocenters. The highest BCUT2D eigenvalue weighted by Gasteiger charge is 2.27. The number of Topliss-reactive ketones (excluding diaryl/α,β-unsaturated/α-hetero) is 1. The normalized spacial score (nSPS) is 11.6. The summed E-state index contributed by atoms with van der Waals surface area (Å²) in [5, 5.41) is 0.734. The van der Waals surface area contributed by atoms with Crippen molar-refractivity contribution in [2.24, 2.45) is 0 Å². The Kier molecular flexibility index (Phi) is 6.84. The summed E-state index contributed by atoms with van der Waals surface area (Å²) in [4.78, 5) is 24.0. The Balaban J connectivity index is 3.27. The number of ether oxygens (including phenoxy) is 3. The van der Waals surface area contributed by atoms with E-state index in [1.54, 1.807) is 12.1 Å². The standard InChI is InChI=1S/C14H14Cl2O5/c1-19-13(18)10(12(17)14(20-2)21-3)6-8-4-5-9(15)7-11(8)16/h4-7,14H,1-3H3. The van der Waals surface area contributed by atoms with Crippen LogP contribution in [0.25, 0.3) is 6.08 Å². The Labute approximate surface area is 132 Å². The van der Waals surface area contributed by atoms with Crippen LogP contribution >= 0.6 is 23.2 Å². The molecule has 0 N–H and O–H groups in total. The van der Waals surface area contributed by atoms with Gasteiger partial charge >= 0.3 is 5.97 Å². The highest BCUT2D eigenvalue weighted by Crippen LogP contribution is 2.24. The maximum Gasteiger partial charge on any atom is 0.341 e. The van der Waals surface area contributed by atoms with Crippen molar-refractivity contribution >= 4 is 41.0 Å². The van der Waals surface area contributed by atoms with Crippen LogP contribution in [0.5, 0.6) is 0 Å². The molecule has 1 aromatic carbocycles. The van der Waals surface area contributed by atoms with Crippen LogP contribution in [-0.4, -0.2) is 39.4 Å². The van der Waals surface area contributed by atoms with Crippen LogP contribution < -0.4 is 0 Å². The molecule has 0 saturated heterocycles. The lowest BCUT2D eigenvalue weighted by Gasteiger charge is -2.13. The maximum absolute atomic E-state index is 12.2. The molecule has 0 spiro atoms. The number of benzene rings is 1. The van der Waals surface area contributed by atoms with Gasteiger partial charge in [-0.1, -0.05) is 29.3 Å². The zero-order chi connectivity index (χ0) is 16.0. The predicted octanol–water partition coefficient (Wildman–Crippen LogP) is 2.74. The molecule has 114 valence electrons. The molecule has 0 fully saturated rings. The van der Waals surface area contributed by atoms with Gasteiger partial charge in [-0.15, -0.1) is 0 Å². The van der Waals surface area contributed by atoms with E-state index in [0.717, 1.165) is 0 Å². The summed E-state index contributed by atoms with van der Waals surface area (Å²) < 4.78 is 14.3. The maximum atomic E-state index is 12.2. The summed E-state index contributed by atoms with van der Waals surface area (Å²) in [5.41, 5.74) is 0.205. The van der Waals surface area contributed by atoms with E-state index in [-0.39, 0.29) is 5.57 Å². The molecule has 0 radical (unpaired) electrons. The van der Waals surface area contributed by atoms with E-state index in [1.807, 2.05) is 0 Å². The highest BCUT2D eigenvalue weighted by molar-refractivity contribution is 6.36. The number of carbonyl (C=O) groups is 2. The first-order valence-corrected chi connectivity index (χ1v) is 6.55. The van der Waals surface area contributed by atoms with Gasteiger partial charge in [-0.2, -0.15) is 0 Å². The van der Waals surface area contributed by atoms with Gasteiger partial charge < -0.3 is 14.2 Å². The Morgan fingerprint density at radius 3 is 2.24 bits per heavy atom. The summed E-state index contributed by atoms with van der Waals surface area (Å²) >= 11 is 11.8. The molecule has 0 aliphatic carbocycles. The SMILES string of the molecule is COC(=O)C(=Cc1ccc(Cl)cc1Cl)C(=O)C(OC)OC. The molecule has 0 saturated carbocycles. The van der Waals surface area contributed by atoms with Crippen LogP contribution in [-0.2, 0) is 23.8 Å². The van der Waals surface area contributed by atoms with Crippen molar-refractivity contribution in [3.63, 3.8) is 0 Å². The van der Waals surface area contributed by atoms with E-state index < -0.39 is 18.0 Å². The molecule has 0 bridgehead atoms. The first-order valence-electron chi connectivity index (χ1n) is 5.79. The van der Waals surface area contributed by atoms with E-state index in [2.05, 4.69) is 4.74 Å². The molecule has 0 amide bonds. The van der Waals surface area contributed by atoms with Crippen molar-refractivity contribution in [2.75, 3.05) is 21.3 Å². The van der Waals surface area contributed by atoms with Crippen molar-refractivity contribution < 1.29 is 23.8 Å². The lowest BCUT2D eigenvalue weighted by molar-refractivity contribution is -0.155. The number of rotatable bonds is 6. The average molecular weight is 333 g/mol. The molecule has 1 rings (SSSR count). The molecule has 1 aromatic rings.